The van der Waals surface area contributed by atoms with Crippen molar-refractivity contribution < 1.29 is 9.53 Å². The van der Waals surface area contributed by atoms with E-state index in [1.807, 2.05) is 6.07 Å². The molecule has 0 spiro atoms. The second-order valence-electron chi connectivity index (χ2n) is 2.15. The van der Waals surface area contributed by atoms with E-state index in [0.29, 0.717) is 11.4 Å². The van der Waals surface area contributed by atoms with Crippen LogP contribution >= 0.6 is 0 Å². The van der Waals surface area contributed by atoms with E-state index in [9.17, 15) is 4.79 Å². The number of isocyanates is 1. The number of rotatable bonds is 3. The van der Waals surface area contributed by atoms with Gasteiger partial charge in [-0.25, -0.2) is 4.79 Å². The summed E-state index contributed by atoms with van der Waals surface area (Å²) in [5, 5.41) is 8.24. The monoisotopic (exact) mass is 174 g/mol. The molecule has 0 amide bonds. The first-order valence-electron chi connectivity index (χ1n) is 3.54. The average molecular weight is 174 g/mol. The third-order valence-corrected chi connectivity index (χ3v) is 1.30. The third kappa shape index (κ3) is 2.78. The highest BCUT2D eigenvalue weighted by molar-refractivity contribution is 5.51. The van der Waals surface area contributed by atoms with Crippen LogP contribution in [-0.4, -0.2) is 12.7 Å². The lowest BCUT2D eigenvalue weighted by Gasteiger charge is -2.00. The minimum Gasteiger partial charge on any atom is -0.479 e. The highest BCUT2D eigenvalue weighted by Gasteiger charge is 1.94. The highest BCUT2D eigenvalue weighted by Crippen LogP contribution is 2.18. The van der Waals surface area contributed by atoms with Crippen LogP contribution < -0.4 is 4.74 Å². The van der Waals surface area contributed by atoms with Gasteiger partial charge in [0.05, 0.1) is 5.69 Å². The van der Waals surface area contributed by atoms with Gasteiger partial charge < -0.3 is 4.74 Å². The van der Waals surface area contributed by atoms with Gasteiger partial charge in [-0.2, -0.15) is 10.3 Å². The van der Waals surface area contributed by atoms with Crippen molar-refractivity contribution in [1.29, 1.82) is 5.26 Å². The zero-order valence-electron chi connectivity index (χ0n) is 6.73. The maximum absolute atomic E-state index is 9.91. The molecular weight excluding hydrogens is 168 g/mol. The van der Waals surface area contributed by atoms with Crippen molar-refractivity contribution in [3.05, 3.63) is 24.3 Å². The molecule has 0 fully saturated rings. The van der Waals surface area contributed by atoms with Crippen LogP contribution in [0.25, 0.3) is 0 Å². The standard InChI is InChI=1S/C9H6N2O2/c10-4-5-13-9-3-1-2-8(6-9)11-7-12/h1-3,6H,5H2. The molecule has 1 rings (SSSR count). The van der Waals surface area contributed by atoms with E-state index in [2.05, 4.69) is 4.99 Å². The van der Waals surface area contributed by atoms with E-state index in [4.69, 9.17) is 10.00 Å². The van der Waals surface area contributed by atoms with Crippen molar-refractivity contribution >= 4 is 11.8 Å². The lowest BCUT2D eigenvalue weighted by molar-refractivity contribution is 0.368. The Bertz CT molecular complexity index is 375. The number of nitriles is 1. The lowest BCUT2D eigenvalue weighted by Crippen LogP contribution is -1.92. The topological polar surface area (TPSA) is 62.4 Å². The molecule has 0 aromatic heterocycles. The molecule has 13 heavy (non-hydrogen) atoms. The number of hydrogen-bond acceptors (Lipinski definition) is 4. The van der Waals surface area contributed by atoms with Gasteiger partial charge in [0.2, 0.25) is 6.08 Å². The van der Waals surface area contributed by atoms with Crippen LogP contribution in [0.5, 0.6) is 5.75 Å². The molecule has 4 nitrogen and oxygen atoms in total. The molecule has 0 aliphatic rings. The Balaban J connectivity index is 2.80. The van der Waals surface area contributed by atoms with E-state index >= 15 is 0 Å². The Labute approximate surface area is 75.1 Å². The molecule has 1 aromatic carbocycles. The number of benzene rings is 1. The summed E-state index contributed by atoms with van der Waals surface area (Å²) in [5.41, 5.74) is 0.463. The second-order valence-corrected chi connectivity index (χ2v) is 2.15. The maximum atomic E-state index is 9.91. The SMILES string of the molecule is N#CCOc1cccc(N=C=O)c1. The smallest absolute Gasteiger partial charge is 0.240 e. The van der Waals surface area contributed by atoms with Crippen LogP contribution in [0.2, 0.25) is 0 Å². The van der Waals surface area contributed by atoms with E-state index in [-0.39, 0.29) is 6.61 Å². The van der Waals surface area contributed by atoms with Crippen LogP contribution in [0.4, 0.5) is 5.69 Å². The normalized spacial score (nSPS) is 8.23. The van der Waals surface area contributed by atoms with Crippen LogP contribution in [0.15, 0.2) is 29.3 Å². The first-order chi connectivity index (χ1) is 6.36. The van der Waals surface area contributed by atoms with Crippen molar-refractivity contribution in [2.75, 3.05) is 6.61 Å². The molecule has 0 bridgehead atoms. The van der Waals surface area contributed by atoms with Crippen molar-refractivity contribution in [2.45, 2.75) is 0 Å². The third-order valence-electron chi connectivity index (χ3n) is 1.30. The Morgan fingerprint density at radius 1 is 1.54 bits per heavy atom. The van der Waals surface area contributed by atoms with Crippen molar-refractivity contribution in [2.24, 2.45) is 4.99 Å². The summed E-state index contributed by atoms with van der Waals surface area (Å²) in [6.45, 7) is -0.0196. The fraction of sp³-hybridized carbons (Fsp3) is 0.111. The zero-order valence-corrected chi connectivity index (χ0v) is 6.73. The fourth-order valence-electron chi connectivity index (χ4n) is 0.811. The molecule has 0 saturated heterocycles. The molecule has 1 aromatic rings. The molecular formula is C9H6N2O2. The van der Waals surface area contributed by atoms with Crippen molar-refractivity contribution in [1.82, 2.24) is 0 Å². The van der Waals surface area contributed by atoms with E-state index < -0.39 is 0 Å². The second kappa shape index (κ2) is 4.70. The molecule has 0 radical (unpaired) electrons. The first kappa shape index (κ1) is 8.98. The van der Waals surface area contributed by atoms with Crippen LogP contribution in [-0.2, 0) is 4.79 Å². The van der Waals surface area contributed by atoms with Crippen molar-refractivity contribution in [3.8, 4) is 11.8 Å². The number of hydrogen-bond donors (Lipinski definition) is 0. The lowest BCUT2D eigenvalue weighted by atomic mass is 10.3. The molecule has 0 aliphatic heterocycles. The average Bonchev–Trinajstić information content (AvgIpc) is 2.16. The Hall–Kier alpha value is -2.11. The summed E-state index contributed by atoms with van der Waals surface area (Å²) in [6.07, 6.45) is 1.42. The summed E-state index contributed by atoms with van der Waals surface area (Å²) in [6, 6.07) is 8.40. The predicted molar refractivity (Wildman–Crippen MR) is 45.3 cm³/mol. The van der Waals surface area contributed by atoms with Gasteiger partial charge in [-0.3, -0.25) is 0 Å². The molecule has 4 heteroatoms. The number of carbonyl (C=O) groups excluding carboxylic acids is 1. The quantitative estimate of drug-likeness (QED) is 0.516. The molecule has 0 saturated carbocycles. The van der Waals surface area contributed by atoms with Gasteiger partial charge in [0.1, 0.15) is 11.8 Å². The van der Waals surface area contributed by atoms with Crippen LogP contribution in [0.1, 0.15) is 0 Å². The van der Waals surface area contributed by atoms with Gasteiger partial charge in [-0.05, 0) is 12.1 Å². The Morgan fingerprint density at radius 2 is 2.38 bits per heavy atom. The molecule has 0 aliphatic carbocycles. The molecule has 0 heterocycles. The summed E-state index contributed by atoms with van der Waals surface area (Å²) in [7, 11) is 0. The zero-order chi connectivity index (χ0) is 9.52. The highest BCUT2D eigenvalue weighted by atomic mass is 16.5. The Kier molecular flexibility index (Phi) is 3.25. The summed E-state index contributed by atoms with van der Waals surface area (Å²) in [5.74, 6) is 0.512. The van der Waals surface area contributed by atoms with Gasteiger partial charge >= 0.3 is 0 Å². The number of ether oxygens (including phenoxy) is 1. The maximum Gasteiger partial charge on any atom is 0.240 e. The minimum absolute atomic E-state index is 0.0196. The summed E-state index contributed by atoms with van der Waals surface area (Å²) < 4.78 is 4.99. The van der Waals surface area contributed by atoms with Gasteiger partial charge in [0.15, 0.2) is 6.61 Å². The predicted octanol–water partition coefficient (Wildman–Crippen LogP) is 1.56. The van der Waals surface area contributed by atoms with E-state index in [0.717, 1.165) is 0 Å². The molecule has 0 atom stereocenters. The van der Waals surface area contributed by atoms with Gasteiger partial charge in [0.25, 0.3) is 0 Å². The fourth-order valence-corrected chi connectivity index (χ4v) is 0.811. The van der Waals surface area contributed by atoms with Gasteiger partial charge in [-0.1, -0.05) is 6.07 Å². The van der Waals surface area contributed by atoms with Crippen LogP contribution in [0, 0.1) is 11.3 Å². The van der Waals surface area contributed by atoms with E-state index in [1.165, 1.54) is 6.08 Å². The number of aliphatic imine (C=N–C) groups is 1. The van der Waals surface area contributed by atoms with Gasteiger partial charge in [-0.15, -0.1) is 0 Å². The largest absolute Gasteiger partial charge is 0.479 e. The molecule has 0 N–H and O–H groups in total. The molecule has 64 valence electrons. The van der Waals surface area contributed by atoms with Crippen LogP contribution in [0.3, 0.4) is 0 Å². The van der Waals surface area contributed by atoms with E-state index in [1.54, 1.807) is 24.3 Å². The molecule has 0 unspecified atom stereocenters. The first-order valence-corrected chi connectivity index (χ1v) is 3.54. The number of nitrogens with zero attached hydrogens (tertiary/aromatic N) is 2. The minimum atomic E-state index is -0.0196. The Morgan fingerprint density at radius 3 is 3.08 bits per heavy atom. The van der Waals surface area contributed by atoms with Gasteiger partial charge in [0, 0.05) is 6.07 Å². The van der Waals surface area contributed by atoms with Crippen molar-refractivity contribution in [3.63, 3.8) is 0 Å². The summed E-state index contributed by atoms with van der Waals surface area (Å²) in [4.78, 5) is 13.3. The summed E-state index contributed by atoms with van der Waals surface area (Å²) >= 11 is 0.